The number of aromatic nitrogens is 1. The van der Waals surface area contributed by atoms with E-state index in [0.717, 1.165) is 82.8 Å². The number of fused-ring (bicyclic) bond motifs is 6. The van der Waals surface area contributed by atoms with Crippen LogP contribution in [0.3, 0.4) is 0 Å². The number of hydrogen-bond acceptors (Lipinski definition) is 1. The Bertz CT molecular complexity index is 2810. The van der Waals surface area contributed by atoms with Crippen molar-refractivity contribution in [1.29, 1.82) is 0 Å². The smallest absolute Gasteiger partial charge is 0.189 e. The summed E-state index contributed by atoms with van der Waals surface area (Å²) in [6.07, 6.45) is 0. The Morgan fingerprint density at radius 2 is 1.15 bits per heavy atom. The summed E-state index contributed by atoms with van der Waals surface area (Å²) in [5, 5.41) is 4.16. The third-order valence-electron chi connectivity index (χ3n) is 9.17. The van der Waals surface area contributed by atoms with Gasteiger partial charge in [-0.25, -0.2) is 9.69 Å². The molecule has 0 bridgehead atoms. The van der Waals surface area contributed by atoms with Crippen LogP contribution in [0.2, 0.25) is 0 Å². The maximum Gasteiger partial charge on any atom is 0.189 e. The summed E-state index contributed by atoms with van der Waals surface area (Å²) < 4.78 is 8.74. The van der Waals surface area contributed by atoms with Gasteiger partial charge in [0.25, 0.3) is 0 Å². The monoisotopic (exact) mass is 611 g/mol. The van der Waals surface area contributed by atoms with Crippen molar-refractivity contribution < 1.29 is 4.42 Å². The van der Waals surface area contributed by atoms with Crippen molar-refractivity contribution in [3.8, 4) is 39.1 Å². The zero-order valence-corrected chi connectivity index (χ0v) is 25.7. The van der Waals surface area contributed by atoms with Crippen molar-refractivity contribution in [1.82, 2.24) is 4.57 Å². The fraction of sp³-hybridized carbons (Fsp3) is 0. The predicted octanol–water partition coefficient (Wildman–Crippen LogP) is 12.8. The molecule has 7 aromatic carbocycles. The molecule has 0 saturated heterocycles. The van der Waals surface area contributed by atoms with Gasteiger partial charge in [0.05, 0.1) is 24.2 Å². The van der Waals surface area contributed by atoms with Crippen LogP contribution in [-0.2, 0) is 0 Å². The van der Waals surface area contributed by atoms with E-state index in [1.54, 1.807) is 0 Å². The number of benzene rings is 7. The topological polar surface area (TPSA) is 26.8 Å². The summed E-state index contributed by atoms with van der Waals surface area (Å²) >= 11 is 0. The number of hydrogen-bond donors (Lipinski definition) is 0. The van der Waals surface area contributed by atoms with Gasteiger partial charge in [-0.3, -0.25) is 0 Å². The molecular weight excluding hydrogens is 587 g/mol. The highest BCUT2D eigenvalue weighted by atomic mass is 16.3. The van der Waals surface area contributed by atoms with Crippen molar-refractivity contribution in [2.24, 2.45) is 0 Å². The van der Waals surface area contributed by atoms with Gasteiger partial charge in [-0.05, 0) is 93.9 Å². The molecule has 0 atom stereocenters. The molecule has 0 saturated carbocycles. The number of para-hydroxylation sites is 2. The Kier molecular flexibility index (Phi) is 6.22. The molecule has 0 fully saturated rings. The second-order valence-corrected chi connectivity index (χ2v) is 12.0. The molecule has 0 amide bonds. The van der Waals surface area contributed by atoms with E-state index in [0.29, 0.717) is 11.4 Å². The van der Waals surface area contributed by atoms with E-state index in [1.165, 1.54) is 0 Å². The number of furan rings is 1. The second-order valence-electron chi connectivity index (χ2n) is 12.0. The first-order valence-corrected chi connectivity index (χ1v) is 15.7. The highest BCUT2D eigenvalue weighted by Crippen LogP contribution is 2.42. The first-order chi connectivity index (χ1) is 23.7. The highest BCUT2D eigenvalue weighted by molar-refractivity contribution is 6.12. The van der Waals surface area contributed by atoms with Gasteiger partial charge >= 0.3 is 0 Å². The van der Waals surface area contributed by atoms with Crippen LogP contribution in [-0.4, -0.2) is 4.57 Å². The van der Waals surface area contributed by atoms with Crippen LogP contribution < -0.4 is 0 Å². The minimum absolute atomic E-state index is 0.552. The van der Waals surface area contributed by atoms with Crippen molar-refractivity contribution in [2.45, 2.75) is 0 Å². The van der Waals surface area contributed by atoms with E-state index < -0.39 is 0 Å². The summed E-state index contributed by atoms with van der Waals surface area (Å²) in [6.45, 7) is 15.7. The lowest BCUT2D eigenvalue weighted by Gasteiger charge is -2.13. The second kappa shape index (κ2) is 10.9. The first-order valence-electron chi connectivity index (χ1n) is 15.7. The standard InChI is InChI=1S/C44H25N3O/c1-45-33-19-20-42-39(27-33)36-15-6-8-17-41(36)47(42)35-23-31(22-34(26-35)46-2)32-24-38(44-40(25-32)37-16-7-9-18-43(37)48-44)30-14-10-13-29(21-30)28-11-4-3-5-12-28/h3-27H. The van der Waals surface area contributed by atoms with E-state index in [2.05, 4.69) is 99.2 Å². The molecule has 0 aliphatic heterocycles. The molecule has 0 unspecified atom stereocenters. The summed E-state index contributed by atoms with van der Waals surface area (Å²) in [4.78, 5) is 7.60. The lowest BCUT2D eigenvalue weighted by atomic mass is 9.93. The van der Waals surface area contributed by atoms with Crippen LogP contribution in [0.1, 0.15) is 0 Å². The third kappa shape index (κ3) is 4.36. The van der Waals surface area contributed by atoms with Crippen LogP contribution in [0.4, 0.5) is 11.4 Å². The molecule has 0 radical (unpaired) electrons. The van der Waals surface area contributed by atoms with Gasteiger partial charge in [0.1, 0.15) is 11.2 Å². The molecule has 4 nitrogen and oxygen atoms in total. The van der Waals surface area contributed by atoms with Gasteiger partial charge in [0.15, 0.2) is 11.4 Å². The lowest BCUT2D eigenvalue weighted by molar-refractivity contribution is 0.670. The molecule has 2 aromatic heterocycles. The zero-order chi connectivity index (χ0) is 32.2. The number of nitrogens with zero attached hydrogens (tertiary/aromatic N) is 3. The van der Waals surface area contributed by atoms with E-state index in [1.807, 2.05) is 66.7 Å². The van der Waals surface area contributed by atoms with Gasteiger partial charge < -0.3 is 8.98 Å². The van der Waals surface area contributed by atoms with Crippen LogP contribution in [0, 0.1) is 13.1 Å². The fourth-order valence-corrected chi connectivity index (χ4v) is 6.97. The predicted molar refractivity (Wildman–Crippen MR) is 197 cm³/mol. The van der Waals surface area contributed by atoms with E-state index in [9.17, 15) is 0 Å². The molecule has 222 valence electrons. The normalized spacial score (nSPS) is 11.3. The Hall–Kier alpha value is -6.88. The van der Waals surface area contributed by atoms with Gasteiger partial charge in [-0.1, -0.05) is 91.0 Å². The SMILES string of the molecule is [C-]#[N+]c1cc(-c2cc(-c3cccc(-c4ccccc4)c3)c3oc4ccccc4c3c2)cc(-n2c3ccccc3c3cc([N+]#[C-])ccc32)c1. The van der Waals surface area contributed by atoms with E-state index in [-0.39, 0.29) is 0 Å². The van der Waals surface area contributed by atoms with E-state index >= 15 is 0 Å². The van der Waals surface area contributed by atoms with E-state index in [4.69, 9.17) is 17.6 Å². The summed E-state index contributed by atoms with van der Waals surface area (Å²) in [7, 11) is 0. The summed E-state index contributed by atoms with van der Waals surface area (Å²) in [5.41, 5.74) is 12.0. The van der Waals surface area contributed by atoms with Gasteiger partial charge in [0, 0.05) is 27.4 Å². The Balaban J connectivity index is 1.30. The lowest BCUT2D eigenvalue weighted by Crippen LogP contribution is -1.94. The third-order valence-corrected chi connectivity index (χ3v) is 9.17. The first kappa shape index (κ1) is 27.4. The minimum Gasteiger partial charge on any atom is -0.455 e. The van der Waals surface area contributed by atoms with Crippen molar-refractivity contribution >= 4 is 55.1 Å². The summed E-state index contributed by atoms with van der Waals surface area (Å²) in [6, 6.07) is 51.7. The molecule has 4 heteroatoms. The summed E-state index contributed by atoms with van der Waals surface area (Å²) in [5.74, 6) is 0. The molecular formula is C44H25N3O. The van der Waals surface area contributed by atoms with Crippen LogP contribution in [0.25, 0.3) is 92.5 Å². The quantitative estimate of drug-likeness (QED) is 0.182. The minimum atomic E-state index is 0.552. The molecule has 0 aliphatic rings. The molecule has 9 aromatic rings. The Morgan fingerprint density at radius 1 is 0.438 bits per heavy atom. The van der Waals surface area contributed by atoms with Gasteiger partial charge in [-0.2, -0.15) is 0 Å². The maximum atomic E-state index is 8.07. The zero-order valence-electron chi connectivity index (χ0n) is 25.7. The Labute approximate surface area is 277 Å². The largest absolute Gasteiger partial charge is 0.455 e. The molecule has 9 rings (SSSR count). The van der Waals surface area contributed by atoms with Crippen molar-refractivity contribution in [3.63, 3.8) is 0 Å². The molecule has 0 N–H and O–H groups in total. The highest BCUT2D eigenvalue weighted by Gasteiger charge is 2.18. The molecule has 0 aliphatic carbocycles. The Morgan fingerprint density at radius 3 is 2.00 bits per heavy atom. The van der Waals surface area contributed by atoms with Crippen LogP contribution in [0.5, 0.6) is 0 Å². The van der Waals surface area contributed by atoms with Gasteiger partial charge in [0.2, 0.25) is 0 Å². The average molecular weight is 612 g/mol. The molecule has 0 spiro atoms. The number of rotatable bonds is 4. The van der Waals surface area contributed by atoms with Crippen LogP contribution in [0.15, 0.2) is 156 Å². The average Bonchev–Trinajstić information content (AvgIpc) is 3.70. The maximum absolute atomic E-state index is 8.07. The molecule has 48 heavy (non-hydrogen) atoms. The fourth-order valence-electron chi connectivity index (χ4n) is 6.97. The van der Waals surface area contributed by atoms with Crippen molar-refractivity contribution in [2.75, 3.05) is 0 Å². The molecule has 2 heterocycles. The van der Waals surface area contributed by atoms with Gasteiger partial charge in [-0.15, -0.1) is 0 Å². The van der Waals surface area contributed by atoms with Crippen LogP contribution >= 0.6 is 0 Å². The van der Waals surface area contributed by atoms with Crippen molar-refractivity contribution in [3.05, 3.63) is 174 Å².